The Hall–Kier alpha value is -1.41. The third-order valence-corrected chi connectivity index (χ3v) is 2.33. The quantitative estimate of drug-likeness (QED) is 0.467. The molecule has 16 heavy (non-hydrogen) atoms. The van der Waals surface area contributed by atoms with Gasteiger partial charge in [-0.05, 0) is 12.2 Å². The lowest BCUT2D eigenvalue weighted by molar-refractivity contribution is -0.343. The second-order valence-electron chi connectivity index (χ2n) is 3.18. The lowest BCUT2D eigenvalue weighted by Crippen LogP contribution is -2.58. The SMILES string of the molecule is COC1(O)C=C(C(=O)O)C=C(O)C1(O)OC. The van der Waals surface area contributed by atoms with Crippen molar-refractivity contribution in [2.75, 3.05) is 14.2 Å². The molecule has 4 N–H and O–H groups in total. The fourth-order valence-electron chi connectivity index (χ4n) is 1.35. The van der Waals surface area contributed by atoms with Gasteiger partial charge in [0.15, 0.2) is 5.76 Å². The Morgan fingerprint density at radius 2 is 1.88 bits per heavy atom. The normalized spacial score (nSPS) is 34.2. The van der Waals surface area contributed by atoms with Gasteiger partial charge in [-0.2, -0.15) is 0 Å². The molecule has 1 rings (SSSR count). The molecule has 0 radical (unpaired) electrons. The van der Waals surface area contributed by atoms with Crippen molar-refractivity contribution in [1.82, 2.24) is 0 Å². The summed E-state index contributed by atoms with van der Waals surface area (Å²) in [5, 5.41) is 37.8. The minimum absolute atomic E-state index is 0.427. The van der Waals surface area contributed by atoms with E-state index in [-0.39, 0.29) is 0 Å². The average molecular weight is 232 g/mol. The summed E-state index contributed by atoms with van der Waals surface area (Å²) in [6.07, 6.45) is 1.50. The average Bonchev–Trinajstić information content (AvgIpc) is 2.24. The first-order valence-corrected chi connectivity index (χ1v) is 4.23. The summed E-state index contributed by atoms with van der Waals surface area (Å²) in [7, 11) is 2.05. The molecule has 7 heteroatoms. The van der Waals surface area contributed by atoms with Crippen LogP contribution in [0.1, 0.15) is 0 Å². The summed E-state index contributed by atoms with van der Waals surface area (Å²) < 4.78 is 9.13. The number of carboxylic acid groups (broad SMARTS) is 1. The highest BCUT2D eigenvalue weighted by molar-refractivity contribution is 5.90. The van der Waals surface area contributed by atoms with Crippen molar-refractivity contribution in [2.24, 2.45) is 0 Å². The summed E-state index contributed by atoms with van der Waals surface area (Å²) >= 11 is 0. The molecule has 0 saturated carbocycles. The number of carboxylic acids is 1. The van der Waals surface area contributed by atoms with Gasteiger partial charge in [-0.1, -0.05) is 0 Å². The summed E-state index contributed by atoms with van der Waals surface area (Å²) in [4.78, 5) is 10.7. The number of methoxy groups -OCH3 is 2. The molecule has 90 valence electrons. The van der Waals surface area contributed by atoms with Gasteiger partial charge >= 0.3 is 5.97 Å². The van der Waals surface area contributed by atoms with E-state index in [1.807, 2.05) is 0 Å². The van der Waals surface area contributed by atoms with Crippen LogP contribution in [0, 0.1) is 0 Å². The fourth-order valence-corrected chi connectivity index (χ4v) is 1.35. The number of aliphatic carboxylic acids is 1. The highest BCUT2D eigenvalue weighted by Gasteiger charge is 2.56. The molecule has 0 aliphatic heterocycles. The van der Waals surface area contributed by atoms with Crippen molar-refractivity contribution in [3.63, 3.8) is 0 Å². The van der Waals surface area contributed by atoms with Gasteiger partial charge in [0.05, 0.1) is 5.57 Å². The Morgan fingerprint density at radius 1 is 1.31 bits per heavy atom. The van der Waals surface area contributed by atoms with Gasteiger partial charge in [-0.15, -0.1) is 0 Å². The second kappa shape index (κ2) is 3.87. The first-order chi connectivity index (χ1) is 7.30. The molecule has 0 heterocycles. The Bertz CT molecular complexity index is 372. The standard InChI is InChI=1S/C9H12O7/c1-15-8(13)4-5(7(11)12)3-6(10)9(8,14)16-2/h3-4,10,13-14H,1-2H3,(H,11,12). The van der Waals surface area contributed by atoms with Crippen molar-refractivity contribution in [2.45, 2.75) is 11.6 Å². The van der Waals surface area contributed by atoms with Crippen molar-refractivity contribution >= 4 is 5.97 Å². The van der Waals surface area contributed by atoms with Gasteiger partial charge in [-0.25, -0.2) is 4.79 Å². The van der Waals surface area contributed by atoms with Crippen molar-refractivity contribution < 1.29 is 34.7 Å². The van der Waals surface area contributed by atoms with Gasteiger partial charge in [0.25, 0.3) is 5.79 Å². The maximum absolute atomic E-state index is 10.7. The molecule has 0 bridgehead atoms. The molecule has 7 nitrogen and oxygen atoms in total. The zero-order valence-electron chi connectivity index (χ0n) is 8.67. The number of aliphatic hydroxyl groups excluding tert-OH is 1. The van der Waals surface area contributed by atoms with E-state index in [2.05, 4.69) is 9.47 Å². The Morgan fingerprint density at radius 3 is 2.25 bits per heavy atom. The third kappa shape index (κ3) is 1.59. The number of aliphatic hydroxyl groups is 3. The summed E-state index contributed by atoms with van der Waals surface area (Å²) in [6, 6.07) is 0. The first-order valence-electron chi connectivity index (χ1n) is 4.23. The zero-order valence-corrected chi connectivity index (χ0v) is 8.67. The Labute approximate surface area is 90.8 Å². The number of ether oxygens (including phenoxy) is 2. The van der Waals surface area contributed by atoms with Crippen LogP contribution in [0.2, 0.25) is 0 Å². The monoisotopic (exact) mass is 232 g/mol. The fraction of sp³-hybridized carbons (Fsp3) is 0.444. The molecule has 1 aliphatic rings. The molecular formula is C9H12O7. The third-order valence-electron chi connectivity index (χ3n) is 2.33. The highest BCUT2D eigenvalue weighted by Crippen LogP contribution is 2.36. The van der Waals surface area contributed by atoms with E-state index in [9.17, 15) is 20.1 Å². The van der Waals surface area contributed by atoms with Crippen LogP contribution in [0.4, 0.5) is 0 Å². The van der Waals surface area contributed by atoms with Crippen LogP contribution in [0.15, 0.2) is 23.5 Å². The minimum atomic E-state index is -2.54. The van der Waals surface area contributed by atoms with Crippen molar-refractivity contribution in [1.29, 1.82) is 0 Å². The predicted octanol–water partition coefficient (Wildman–Crippen LogP) is -0.877. The van der Waals surface area contributed by atoms with Crippen LogP contribution in [-0.4, -0.2) is 52.2 Å². The molecular weight excluding hydrogens is 220 g/mol. The lowest BCUT2D eigenvalue weighted by Gasteiger charge is -2.40. The van der Waals surface area contributed by atoms with Crippen LogP contribution in [0.5, 0.6) is 0 Å². The van der Waals surface area contributed by atoms with Crippen LogP contribution < -0.4 is 0 Å². The van der Waals surface area contributed by atoms with Crippen LogP contribution in [0.3, 0.4) is 0 Å². The molecule has 0 aromatic heterocycles. The molecule has 0 amide bonds. The van der Waals surface area contributed by atoms with E-state index in [0.29, 0.717) is 0 Å². The predicted molar refractivity (Wildman–Crippen MR) is 50.3 cm³/mol. The van der Waals surface area contributed by atoms with E-state index < -0.39 is 28.9 Å². The van der Waals surface area contributed by atoms with E-state index in [1.165, 1.54) is 0 Å². The maximum atomic E-state index is 10.7. The largest absolute Gasteiger partial charge is 0.507 e. The van der Waals surface area contributed by atoms with Gasteiger partial charge < -0.3 is 29.9 Å². The second-order valence-corrected chi connectivity index (χ2v) is 3.18. The van der Waals surface area contributed by atoms with Gasteiger partial charge in [0.1, 0.15) is 0 Å². The summed E-state index contributed by atoms with van der Waals surface area (Å²) in [5.74, 6) is -7.27. The van der Waals surface area contributed by atoms with E-state index in [1.54, 1.807) is 0 Å². The van der Waals surface area contributed by atoms with Crippen molar-refractivity contribution in [3.8, 4) is 0 Å². The molecule has 0 saturated heterocycles. The van der Waals surface area contributed by atoms with E-state index in [4.69, 9.17) is 5.11 Å². The molecule has 2 atom stereocenters. The highest BCUT2D eigenvalue weighted by atomic mass is 16.7. The number of hydrogen-bond donors (Lipinski definition) is 4. The molecule has 1 aliphatic carbocycles. The maximum Gasteiger partial charge on any atom is 0.335 e. The number of carbonyl (C=O) groups is 1. The van der Waals surface area contributed by atoms with E-state index >= 15 is 0 Å². The molecule has 0 aromatic carbocycles. The topological polar surface area (TPSA) is 116 Å². The molecule has 0 fully saturated rings. The van der Waals surface area contributed by atoms with Crippen LogP contribution in [0.25, 0.3) is 0 Å². The summed E-state index contributed by atoms with van der Waals surface area (Å²) in [5.41, 5.74) is -0.427. The van der Waals surface area contributed by atoms with Crippen molar-refractivity contribution in [3.05, 3.63) is 23.5 Å². The zero-order chi connectivity index (χ0) is 12.6. The molecule has 0 aromatic rings. The minimum Gasteiger partial charge on any atom is -0.507 e. The van der Waals surface area contributed by atoms with E-state index in [0.717, 1.165) is 26.4 Å². The number of rotatable bonds is 3. The number of hydrogen-bond acceptors (Lipinski definition) is 6. The Balaban J connectivity index is 3.33. The lowest BCUT2D eigenvalue weighted by atomic mass is 9.93. The van der Waals surface area contributed by atoms with Crippen LogP contribution >= 0.6 is 0 Å². The summed E-state index contributed by atoms with van der Waals surface area (Å²) in [6.45, 7) is 0. The van der Waals surface area contributed by atoms with Crippen LogP contribution in [-0.2, 0) is 14.3 Å². The molecule has 2 unspecified atom stereocenters. The van der Waals surface area contributed by atoms with Gasteiger partial charge in [0.2, 0.25) is 5.79 Å². The van der Waals surface area contributed by atoms with Gasteiger partial charge in [-0.3, -0.25) is 0 Å². The molecule has 0 spiro atoms. The Kier molecular flexibility index (Phi) is 3.06. The smallest absolute Gasteiger partial charge is 0.335 e. The first kappa shape index (κ1) is 12.7. The van der Waals surface area contributed by atoms with Gasteiger partial charge in [0, 0.05) is 14.2 Å².